The van der Waals surface area contributed by atoms with Crippen LogP contribution in [0.5, 0.6) is 0 Å². The third kappa shape index (κ3) is 3.57. The summed E-state index contributed by atoms with van der Waals surface area (Å²) in [6, 6.07) is 8.69. The van der Waals surface area contributed by atoms with E-state index < -0.39 is 35.6 Å². The Morgan fingerprint density at radius 3 is 2.70 bits per heavy atom. The minimum atomic E-state index is -1.29. The summed E-state index contributed by atoms with van der Waals surface area (Å²) in [6.45, 7) is 0.727. The molecule has 8 nitrogen and oxygen atoms in total. The predicted octanol–water partition coefficient (Wildman–Crippen LogP) is 1.05. The summed E-state index contributed by atoms with van der Waals surface area (Å²) >= 11 is 0. The van der Waals surface area contributed by atoms with Gasteiger partial charge >= 0.3 is 5.97 Å². The number of carbonyl (C=O) groups excluding carboxylic acids is 3. The van der Waals surface area contributed by atoms with Crippen molar-refractivity contribution in [3.05, 3.63) is 60.2 Å². The third-order valence-corrected chi connectivity index (χ3v) is 6.99. The SMILES string of the molecule is O=C1OCCC/C=C\[C@@H]2O[C@]34C=CCN(Cc5ccccc5)C(=O)C3N(CCO)C(=O)[C@@H]4[C@H]12. The molecular weight excluding hydrogens is 424 g/mol. The average Bonchev–Trinajstić information content (AvgIpc) is 3.22. The molecule has 5 atom stereocenters. The highest BCUT2D eigenvalue weighted by atomic mass is 16.6. The normalized spacial score (nSPS) is 34.5. The van der Waals surface area contributed by atoms with Crippen LogP contribution in [0.2, 0.25) is 0 Å². The summed E-state index contributed by atoms with van der Waals surface area (Å²) in [5.41, 5.74) is -0.311. The number of benzene rings is 1. The van der Waals surface area contributed by atoms with Crippen LogP contribution in [0.25, 0.3) is 0 Å². The second-order valence-electron chi connectivity index (χ2n) is 8.94. The van der Waals surface area contributed by atoms with Gasteiger partial charge in [-0.25, -0.2) is 0 Å². The van der Waals surface area contributed by atoms with Gasteiger partial charge in [-0.05, 0) is 18.4 Å². The Labute approximate surface area is 192 Å². The minimum absolute atomic E-state index is 0.00780. The van der Waals surface area contributed by atoms with Crippen LogP contribution in [0, 0.1) is 11.8 Å². The number of β-amino-alcohol motifs (C(OH)–C–C–N with tert-alkyl or cyclic N) is 1. The first-order valence-electron chi connectivity index (χ1n) is 11.5. The Morgan fingerprint density at radius 2 is 1.91 bits per heavy atom. The van der Waals surface area contributed by atoms with Gasteiger partial charge in [0, 0.05) is 19.6 Å². The van der Waals surface area contributed by atoms with Crippen LogP contribution in [0.3, 0.4) is 0 Å². The van der Waals surface area contributed by atoms with Crippen molar-refractivity contribution < 1.29 is 29.0 Å². The molecule has 0 radical (unpaired) electrons. The molecule has 1 spiro atoms. The summed E-state index contributed by atoms with van der Waals surface area (Å²) in [7, 11) is 0. The smallest absolute Gasteiger partial charge is 0.312 e. The number of likely N-dealkylation sites (tertiary alicyclic amines) is 1. The Kier molecular flexibility index (Phi) is 5.80. The number of nitrogens with zero attached hydrogens (tertiary/aromatic N) is 2. The van der Waals surface area contributed by atoms with E-state index in [-0.39, 0.29) is 31.6 Å². The summed E-state index contributed by atoms with van der Waals surface area (Å²) in [6.07, 6.45) is 8.22. The molecule has 4 heterocycles. The van der Waals surface area contributed by atoms with E-state index in [4.69, 9.17) is 9.47 Å². The Hall–Kier alpha value is -2.97. The summed E-state index contributed by atoms with van der Waals surface area (Å²) in [5.74, 6) is -2.80. The molecule has 4 aliphatic heterocycles. The van der Waals surface area contributed by atoms with Gasteiger partial charge in [-0.15, -0.1) is 0 Å². The van der Waals surface area contributed by atoms with Gasteiger partial charge in [0.05, 0.1) is 25.2 Å². The molecule has 8 heteroatoms. The first-order chi connectivity index (χ1) is 16.1. The van der Waals surface area contributed by atoms with Crippen molar-refractivity contribution in [3.8, 4) is 0 Å². The fraction of sp³-hybridized carbons (Fsp3) is 0.480. The van der Waals surface area contributed by atoms with E-state index in [2.05, 4.69) is 0 Å². The molecule has 2 fully saturated rings. The number of cyclic esters (lactones) is 1. The number of aliphatic hydroxyl groups is 1. The van der Waals surface area contributed by atoms with Crippen molar-refractivity contribution in [1.82, 2.24) is 9.80 Å². The maximum atomic E-state index is 13.9. The number of esters is 1. The highest BCUT2D eigenvalue weighted by Gasteiger charge is 2.71. The first-order valence-corrected chi connectivity index (χ1v) is 11.5. The predicted molar refractivity (Wildman–Crippen MR) is 118 cm³/mol. The van der Waals surface area contributed by atoms with Gasteiger partial charge in [0.15, 0.2) is 0 Å². The molecule has 1 unspecified atom stereocenters. The van der Waals surface area contributed by atoms with Crippen LogP contribution in [-0.2, 0) is 30.4 Å². The highest BCUT2D eigenvalue weighted by Crippen LogP contribution is 2.53. The number of aliphatic hydroxyl groups excluding tert-OH is 1. The number of hydrogen-bond acceptors (Lipinski definition) is 6. The molecule has 2 saturated heterocycles. The van der Waals surface area contributed by atoms with Gasteiger partial charge in [0.1, 0.15) is 17.6 Å². The minimum Gasteiger partial charge on any atom is -0.465 e. The van der Waals surface area contributed by atoms with Crippen molar-refractivity contribution in [3.63, 3.8) is 0 Å². The lowest BCUT2D eigenvalue weighted by atomic mass is 9.78. The molecular formula is C25H28N2O6. The molecule has 174 valence electrons. The van der Waals surface area contributed by atoms with Crippen LogP contribution >= 0.6 is 0 Å². The van der Waals surface area contributed by atoms with E-state index >= 15 is 0 Å². The van der Waals surface area contributed by atoms with Crippen LogP contribution in [0.4, 0.5) is 0 Å². The molecule has 0 aromatic heterocycles. The van der Waals surface area contributed by atoms with E-state index in [9.17, 15) is 19.5 Å². The maximum absolute atomic E-state index is 13.9. The van der Waals surface area contributed by atoms with E-state index in [0.717, 1.165) is 12.0 Å². The number of allylic oxidation sites excluding steroid dienone is 1. The Morgan fingerprint density at radius 1 is 1.09 bits per heavy atom. The monoisotopic (exact) mass is 452 g/mol. The van der Waals surface area contributed by atoms with Gasteiger partial charge in [0.25, 0.3) is 0 Å². The van der Waals surface area contributed by atoms with E-state index in [1.165, 1.54) is 4.90 Å². The van der Waals surface area contributed by atoms with Crippen molar-refractivity contribution in [2.24, 2.45) is 11.8 Å². The molecule has 33 heavy (non-hydrogen) atoms. The fourth-order valence-electron chi connectivity index (χ4n) is 5.59. The molecule has 0 aliphatic carbocycles. The lowest BCUT2D eigenvalue weighted by Gasteiger charge is -2.35. The van der Waals surface area contributed by atoms with Crippen LogP contribution in [0.1, 0.15) is 18.4 Å². The number of carbonyl (C=O) groups is 3. The zero-order valence-electron chi connectivity index (χ0n) is 18.3. The van der Waals surface area contributed by atoms with Crippen LogP contribution in [0.15, 0.2) is 54.6 Å². The van der Waals surface area contributed by atoms with Gasteiger partial charge in [-0.3, -0.25) is 14.4 Å². The Bertz CT molecular complexity index is 992. The van der Waals surface area contributed by atoms with Gasteiger partial charge in [0.2, 0.25) is 11.8 Å². The first kappa shape index (κ1) is 21.9. The molecule has 5 rings (SSSR count). The molecule has 4 aliphatic rings. The molecule has 2 amide bonds. The largest absolute Gasteiger partial charge is 0.465 e. The Balaban J connectivity index is 1.55. The van der Waals surface area contributed by atoms with E-state index in [1.807, 2.05) is 48.6 Å². The third-order valence-electron chi connectivity index (χ3n) is 6.99. The number of rotatable bonds is 4. The number of hydrogen-bond donors (Lipinski definition) is 1. The van der Waals surface area contributed by atoms with Gasteiger partial charge < -0.3 is 24.4 Å². The van der Waals surface area contributed by atoms with E-state index in [1.54, 1.807) is 11.0 Å². The zero-order valence-corrected chi connectivity index (χ0v) is 18.3. The van der Waals surface area contributed by atoms with Crippen LogP contribution < -0.4 is 0 Å². The van der Waals surface area contributed by atoms with Crippen molar-refractivity contribution in [1.29, 1.82) is 0 Å². The summed E-state index contributed by atoms with van der Waals surface area (Å²) < 4.78 is 11.9. The highest BCUT2D eigenvalue weighted by molar-refractivity contribution is 5.99. The summed E-state index contributed by atoms with van der Waals surface area (Å²) in [5, 5.41) is 9.68. The summed E-state index contributed by atoms with van der Waals surface area (Å²) in [4.78, 5) is 43.6. The molecule has 0 saturated carbocycles. The van der Waals surface area contributed by atoms with E-state index in [0.29, 0.717) is 19.5 Å². The van der Waals surface area contributed by atoms with Crippen molar-refractivity contribution in [2.45, 2.75) is 37.1 Å². The average molecular weight is 453 g/mol. The van der Waals surface area contributed by atoms with Gasteiger partial charge in [-0.1, -0.05) is 54.6 Å². The molecule has 0 bridgehead atoms. The number of amides is 2. The molecule has 1 aromatic carbocycles. The quantitative estimate of drug-likeness (QED) is 0.542. The standard InChI is InChI=1S/C25H28N2O6/c28-14-13-27-21-23(30)26(16-17-8-3-1-4-9-17)12-7-11-25(21)20(22(27)29)19-18(33-25)10-5-2-6-15-32-24(19)31/h1,3-5,7-11,18-21,28H,2,6,12-16H2/b10-5-/t18-,19+,20-,21?,25-/m0/s1. The number of fused-ring (bicyclic) bond motifs is 2. The molecule has 1 aromatic rings. The van der Waals surface area contributed by atoms with Crippen molar-refractivity contribution in [2.75, 3.05) is 26.3 Å². The molecule has 1 N–H and O–H groups in total. The second-order valence-corrected chi connectivity index (χ2v) is 8.94. The lowest BCUT2D eigenvalue weighted by molar-refractivity contribution is -0.155. The fourth-order valence-corrected chi connectivity index (χ4v) is 5.59. The zero-order chi connectivity index (χ0) is 23.0. The van der Waals surface area contributed by atoms with Crippen LogP contribution in [-0.4, -0.2) is 76.7 Å². The maximum Gasteiger partial charge on any atom is 0.312 e. The lowest BCUT2D eigenvalue weighted by Crippen LogP contribution is -2.55. The van der Waals surface area contributed by atoms with Gasteiger partial charge in [-0.2, -0.15) is 0 Å². The van der Waals surface area contributed by atoms with Crippen molar-refractivity contribution >= 4 is 17.8 Å². The topological polar surface area (TPSA) is 96.4 Å². The number of ether oxygens (including phenoxy) is 2. The second kappa shape index (κ2) is 8.76.